The van der Waals surface area contributed by atoms with Crippen LogP contribution in [0.5, 0.6) is 0 Å². The Labute approximate surface area is 145 Å². The van der Waals surface area contributed by atoms with E-state index in [1.165, 1.54) is 18.2 Å². The van der Waals surface area contributed by atoms with Crippen molar-refractivity contribution in [3.05, 3.63) is 47.0 Å². The van der Waals surface area contributed by atoms with E-state index in [2.05, 4.69) is 22.4 Å². The van der Waals surface area contributed by atoms with Crippen molar-refractivity contribution in [3.8, 4) is 0 Å². The maximum absolute atomic E-state index is 13.6. The molecular formula is C18H21FN4O2. The third-order valence-electron chi connectivity index (χ3n) is 4.32. The Hall–Kier alpha value is -2.70. The summed E-state index contributed by atoms with van der Waals surface area (Å²) in [5, 5.41) is 9.83. The lowest BCUT2D eigenvalue weighted by Gasteiger charge is -2.28. The first-order valence-corrected chi connectivity index (χ1v) is 8.35. The molecular weight excluding hydrogens is 323 g/mol. The molecule has 0 unspecified atom stereocenters. The van der Waals surface area contributed by atoms with Gasteiger partial charge in [0.2, 0.25) is 11.8 Å². The minimum Gasteiger partial charge on any atom is -0.339 e. The van der Waals surface area contributed by atoms with Gasteiger partial charge in [0, 0.05) is 19.2 Å². The summed E-state index contributed by atoms with van der Waals surface area (Å²) in [4.78, 5) is 26.3. The number of amides is 2. The van der Waals surface area contributed by atoms with Crippen molar-refractivity contribution in [3.63, 3.8) is 0 Å². The van der Waals surface area contributed by atoms with Gasteiger partial charge in [-0.05, 0) is 36.2 Å². The molecule has 6 nitrogen and oxygen atoms in total. The monoisotopic (exact) mass is 344 g/mol. The Kier molecular flexibility index (Phi) is 4.83. The van der Waals surface area contributed by atoms with Gasteiger partial charge in [0.05, 0.1) is 23.9 Å². The molecule has 7 heteroatoms. The molecule has 0 bridgehead atoms. The topological polar surface area (TPSA) is 78.1 Å². The number of likely N-dealkylation sites (N-methyl/N-ethyl adjacent to an activating group) is 1. The number of carbonyl (C=O) groups excluding carboxylic acids is 2. The van der Waals surface area contributed by atoms with E-state index in [1.807, 2.05) is 6.07 Å². The number of aromatic amines is 1. The highest BCUT2D eigenvalue weighted by molar-refractivity contribution is 6.01. The minimum atomic E-state index is -0.678. The van der Waals surface area contributed by atoms with E-state index in [-0.39, 0.29) is 18.2 Å². The molecule has 0 radical (unpaired) electrons. The average Bonchev–Trinajstić information content (AvgIpc) is 3.01. The van der Waals surface area contributed by atoms with Gasteiger partial charge in [-0.25, -0.2) is 4.39 Å². The van der Waals surface area contributed by atoms with Gasteiger partial charge >= 0.3 is 0 Å². The number of anilines is 1. The number of hydrogen-bond acceptors (Lipinski definition) is 3. The number of aryl methyl sites for hydroxylation is 1. The van der Waals surface area contributed by atoms with Crippen LogP contribution in [0.25, 0.3) is 0 Å². The Morgan fingerprint density at radius 3 is 2.96 bits per heavy atom. The van der Waals surface area contributed by atoms with Crippen molar-refractivity contribution >= 4 is 17.5 Å². The third-order valence-corrected chi connectivity index (χ3v) is 4.32. The first-order chi connectivity index (χ1) is 12.0. The summed E-state index contributed by atoms with van der Waals surface area (Å²) in [5.41, 5.74) is 2.81. The lowest BCUT2D eigenvalue weighted by molar-refractivity contribution is -0.134. The smallest absolute Gasteiger partial charge is 0.230 e. The molecule has 1 aromatic heterocycles. The second-order valence-electron chi connectivity index (χ2n) is 6.37. The van der Waals surface area contributed by atoms with E-state index in [0.29, 0.717) is 17.8 Å². The molecule has 2 aromatic rings. The highest BCUT2D eigenvalue weighted by Crippen LogP contribution is 2.34. The molecule has 2 amide bonds. The molecule has 0 fully saturated rings. The summed E-state index contributed by atoms with van der Waals surface area (Å²) in [5.74, 6) is -1.55. The van der Waals surface area contributed by atoms with E-state index < -0.39 is 11.7 Å². The number of benzene rings is 1. The van der Waals surface area contributed by atoms with Gasteiger partial charge in [-0.2, -0.15) is 5.10 Å². The minimum absolute atomic E-state index is 0.0175. The van der Waals surface area contributed by atoms with Crippen LogP contribution < -0.4 is 5.32 Å². The van der Waals surface area contributed by atoms with Gasteiger partial charge in [-0.15, -0.1) is 0 Å². The van der Waals surface area contributed by atoms with Crippen LogP contribution in [0.15, 0.2) is 24.3 Å². The average molecular weight is 344 g/mol. The zero-order chi connectivity index (χ0) is 18.0. The normalized spacial score (nSPS) is 16.3. The van der Waals surface area contributed by atoms with Crippen molar-refractivity contribution in [2.75, 3.05) is 12.4 Å². The summed E-state index contributed by atoms with van der Waals surface area (Å²) >= 11 is 0. The summed E-state index contributed by atoms with van der Waals surface area (Å²) in [6.45, 7) is 2.44. The van der Waals surface area contributed by atoms with E-state index in [0.717, 1.165) is 24.2 Å². The fraction of sp³-hybridized carbons (Fsp3) is 0.389. The van der Waals surface area contributed by atoms with Crippen LogP contribution in [0.2, 0.25) is 0 Å². The number of H-pyrrole nitrogens is 1. The molecule has 25 heavy (non-hydrogen) atoms. The molecule has 2 N–H and O–H groups in total. The van der Waals surface area contributed by atoms with Crippen molar-refractivity contribution in [1.29, 1.82) is 0 Å². The van der Waals surface area contributed by atoms with E-state index in [4.69, 9.17) is 0 Å². The van der Waals surface area contributed by atoms with Gasteiger partial charge in [-0.1, -0.05) is 13.3 Å². The summed E-state index contributed by atoms with van der Waals surface area (Å²) < 4.78 is 13.6. The molecule has 0 spiro atoms. The summed E-state index contributed by atoms with van der Waals surface area (Å²) in [6, 6.07) is 6.03. The highest BCUT2D eigenvalue weighted by atomic mass is 19.1. The van der Waals surface area contributed by atoms with Crippen molar-refractivity contribution in [2.45, 2.75) is 38.6 Å². The van der Waals surface area contributed by atoms with Crippen LogP contribution in [0.3, 0.4) is 0 Å². The number of rotatable bonds is 5. The second kappa shape index (κ2) is 7.04. The highest BCUT2D eigenvalue weighted by Gasteiger charge is 2.33. The Morgan fingerprint density at radius 2 is 2.20 bits per heavy atom. The molecule has 1 atom stereocenters. The van der Waals surface area contributed by atoms with Gasteiger partial charge in [0.25, 0.3) is 0 Å². The second-order valence-corrected chi connectivity index (χ2v) is 6.37. The van der Waals surface area contributed by atoms with Crippen LogP contribution in [-0.2, 0) is 22.6 Å². The van der Waals surface area contributed by atoms with Crippen molar-refractivity contribution in [2.24, 2.45) is 0 Å². The molecule has 2 heterocycles. The molecule has 1 aliphatic rings. The maximum atomic E-state index is 13.6. The number of carbonyl (C=O) groups is 2. The van der Waals surface area contributed by atoms with Gasteiger partial charge < -0.3 is 10.2 Å². The number of hydrogen-bond donors (Lipinski definition) is 2. The first-order valence-electron chi connectivity index (χ1n) is 8.35. The van der Waals surface area contributed by atoms with Gasteiger partial charge in [0.15, 0.2) is 0 Å². The number of nitrogens with zero attached hydrogens (tertiary/aromatic N) is 2. The third kappa shape index (κ3) is 3.70. The SMILES string of the molecule is CCCc1cc(CN(C)C(=O)[C@@H]2CC(=O)Nc3ccc(F)cc32)[nH]n1. The van der Waals surface area contributed by atoms with Crippen LogP contribution in [0.4, 0.5) is 10.1 Å². The Balaban J connectivity index is 1.77. The van der Waals surface area contributed by atoms with Crippen LogP contribution in [0, 0.1) is 5.82 Å². The predicted molar refractivity (Wildman–Crippen MR) is 91.4 cm³/mol. The van der Waals surface area contributed by atoms with E-state index >= 15 is 0 Å². The fourth-order valence-corrected chi connectivity index (χ4v) is 3.13. The fourth-order valence-electron chi connectivity index (χ4n) is 3.13. The zero-order valence-corrected chi connectivity index (χ0v) is 14.3. The van der Waals surface area contributed by atoms with Crippen molar-refractivity contribution < 1.29 is 14.0 Å². The standard InChI is InChI=1S/C18H21FN4O2/c1-3-4-12-8-13(22-21-12)10-23(2)18(25)15-9-17(24)20-16-6-5-11(19)7-14(15)16/h5-8,15H,3-4,9-10H2,1-2H3,(H,20,24)(H,21,22)/t15-/m1/s1. The maximum Gasteiger partial charge on any atom is 0.230 e. The Bertz CT molecular complexity index is 802. The molecule has 0 saturated heterocycles. The summed E-state index contributed by atoms with van der Waals surface area (Å²) in [7, 11) is 1.67. The molecule has 132 valence electrons. The van der Waals surface area contributed by atoms with Crippen LogP contribution in [-0.4, -0.2) is 34.0 Å². The molecule has 0 saturated carbocycles. The predicted octanol–water partition coefficient (Wildman–Crippen LogP) is 2.59. The lowest BCUT2D eigenvalue weighted by Crippen LogP contribution is -2.36. The number of fused-ring (bicyclic) bond motifs is 1. The number of nitrogens with one attached hydrogen (secondary N) is 2. The quantitative estimate of drug-likeness (QED) is 0.875. The van der Waals surface area contributed by atoms with Crippen LogP contribution >= 0.6 is 0 Å². The lowest BCUT2D eigenvalue weighted by atomic mass is 9.89. The van der Waals surface area contributed by atoms with Crippen LogP contribution in [0.1, 0.15) is 42.6 Å². The van der Waals surface area contributed by atoms with Gasteiger partial charge in [-0.3, -0.25) is 14.7 Å². The summed E-state index contributed by atoms with van der Waals surface area (Å²) in [6.07, 6.45) is 1.89. The molecule has 3 rings (SSSR count). The number of aromatic nitrogens is 2. The zero-order valence-electron chi connectivity index (χ0n) is 14.3. The molecule has 0 aliphatic carbocycles. The molecule has 1 aliphatic heterocycles. The first kappa shape index (κ1) is 17.1. The number of halogens is 1. The molecule has 1 aromatic carbocycles. The Morgan fingerprint density at radius 1 is 1.40 bits per heavy atom. The largest absolute Gasteiger partial charge is 0.339 e. The van der Waals surface area contributed by atoms with E-state index in [9.17, 15) is 14.0 Å². The van der Waals surface area contributed by atoms with Gasteiger partial charge in [0.1, 0.15) is 5.82 Å². The van der Waals surface area contributed by atoms with E-state index in [1.54, 1.807) is 11.9 Å². The van der Waals surface area contributed by atoms with Crippen molar-refractivity contribution in [1.82, 2.24) is 15.1 Å².